The number of nitrogens with two attached hydrogens (primary N) is 1. The summed E-state index contributed by atoms with van der Waals surface area (Å²) in [6, 6.07) is 0. The zero-order valence-electron chi connectivity index (χ0n) is 14.1. The van der Waals surface area contributed by atoms with Crippen LogP contribution < -0.4 is 11.1 Å². The molecule has 3 nitrogen and oxygen atoms in total. The molecule has 20 heavy (non-hydrogen) atoms. The Morgan fingerprint density at radius 2 is 1.75 bits per heavy atom. The summed E-state index contributed by atoms with van der Waals surface area (Å²) < 4.78 is 0. The third kappa shape index (κ3) is 3.97. The second-order valence-electron chi connectivity index (χ2n) is 7.57. The van der Waals surface area contributed by atoms with Gasteiger partial charge >= 0.3 is 0 Å². The van der Waals surface area contributed by atoms with Gasteiger partial charge in [0.2, 0.25) is 5.91 Å². The highest BCUT2D eigenvalue weighted by atomic mass is 16.1. The summed E-state index contributed by atoms with van der Waals surface area (Å²) >= 11 is 0. The molecule has 118 valence electrons. The Morgan fingerprint density at radius 3 is 2.20 bits per heavy atom. The Bertz CT molecular complexity index is 303. The molecule has 0 spiro atoms. The van der Waals surface area contributed by atoms with Gasteiger partial charge in [-0.1, -0.05) is 47.5 Å². The lowest BCUT2D eigenvalue weighted by Gasteiger charge is -2.14. The topological polar surface area (TPSA) is 55.1 Å². The summed E-state index contributed by atoms with van der Waals surface area (Å²) in [6.45, 7) is 12.9. The highest BCUT2D eigenvalue weighted by molar-refractivity contribution is 5.75. The molecule has 1 fully saturated rings. The van der Waals surface area contributed by atoms with Gasteiger partial charge in [0.05, 0.1) is 0 Å². The molecular formula is C17H34N2O. The van der Waals surface area contributed by atoms with Gasteiger partial charge in [0.15, 0.2) is 0 Å². The van der Waals surface area contributed by atoms with Crippen molar-refractivity contribution in [1.82, 2.24) is 5.32 Å². The maximum absolute atomic E-state index is 12.0. The lowest BCUT2D eigenvalue weighted by atomic mass is 9.94. The Hall–Kier alpha value is -0.570. The molecule has 1 rings (SSSR count). The van der Waals surface area contributed by atoms with Crippen molar-refractivity contribution in [2.75, 3.05) is 13.1 Å². The number of rotatable bonds is 9. The first kappa shape index (κ1) is 17.5. The lowest BCUT2D eigenvalue weighted by molar-refractivity contribution is -0.121. The fraction of sp³-hybridized carbons (Fsp3) is 0.941. The predicted molar refractivity (Wildman–Crippen MR) is 85.4 cm³/mol. The molecule has 0 aliphatic heterocycles. The van der Waals surface area contributed by atoms with E-state index < -0.39 is 0 Å². The molecule has 1 aliphatic rings. The van der Waals surface area contributed by atoms with Gasteiger partial charge in [0, 0.05) is 13.0 Å². The van der Waals surface area contributed by atoms with E-state index in [1.165, 1.54) is 12.8 Å². The van der Waals surface area contributed by atoms with Crippen molar-refractivity contribution in [3.63, 3.8) is 0 Å². The fourth-order valence-corrected chi connectivity index (χ4v) is 3.56. The summed E-state index contributed by atoms with van der Waals surface area (Å²) in [7, 11) is 0. The van der Waals surface area contributed by atoms with Gasteiger partial charge in [-0.25, -0.2) is 0 Å². The van der Waals surface area contributed by atoms with Crippen molar-refractivity contribution in [2.24, 2.45) is 28.4 Å². The van der Waals surface area contributed by atoms with Crippen LogP contribution in [0.2, 0.25) is 0 Å². The maximum atomic E-state index is 12.0. The third-order valence-electron chi connectivity index (χ3n) is 5.87. The quantitative estimate of drug-likeness (QED) is 0.681. The van der Waals surface area contributed by atoms with Crippen LogP contribution in [0.25, 0.3) is 0 Å². The predicted octanol–water partition coefficient (Wildman–Crippen LogP) is 3.33. The van der Waals surface area contributed by atoms with Crippen LogP contribution in [0.5, 0.6) is 0 Å². The van der Waals surface area contributed by atoms with Crippen molar-refractivity contribution in [2.45, 2.75) is 66.7 Å². The van der Waals surface area contributed by atoms with Crippen LogP contribution in [0.4, 0.5) is 0 Å². The van der Waals surface area contributed by atoms with Gasteiger partial charge in [-0.3, -0.25) is 4.79 Å². The van der Waals surface area contributed by atoms with E-state index in [0.29, 0.717) is 29.1 Å². The molecule has 0 heterocycles. The summed E-state index contributed by atoms with van der Waals surface area (Å²) in [5.41, 5.74) is 6.34. The number of carbonyl (C=O) groups is 1. The van der Waals surface area contributed by atoms with Crippen molar-refractivity contribution in [3.05, 3.63) is 0 Å². The van der Waals surface area contributed by atoms with Crippen LogP contribution in [0.3, 0.4) is 0 Å². The molecule has 0 aromatic rings. The number of hydrogen-bond acceptors (Lipinski definition) is 2. The summed E-state index contributed by atoms with van der Waals surface area (Å²) in [6.07, 6.45) is 5.04. The average Bonchev–Trinajstić information content (AvgIpc) is 2.75. The molecule has 0 bridgehead atoms. The number of amides is 1. The minimum atomic E-state index is 0.210. The molecule has 0 radical (unpaired) electrons. The van der Waals surface area contributed by atoms with Gasteiger partial charge in [-0.15, -0.1) is 0 Å². The molecule has 3 N–H and O–H groups in total. The van der Waals surface area contributed by atoms with Crippen LogP contribution in [0, 0.1) is 22.7 Å². The van der Waals surface area contributed by atoms with Gasteiger partial charge in [0.1, 0.15) is 0 Å². The van der Waals surface area contributed by atoms with Gasteiger partial charge < -0.3 is 11.1 Å². The van der Waals surface area contributed by atoms with Gasteiger partial charge in [0.25, 0.3) is 0 Å². The number of hydrogen-bond donors (Lipinski definition) is 2. The van der Waals surface area contributed by atoms with Crippen molar-refractivity contribution in [1.29, 1.82) is 0 Å². The molecule has 0 aromatic carbocycles. The van der Waals surface area contributed by atoms with Crippen LogP contribution in [-0.2, 0) is 4.79 Å². The second kappa shape index (κ2) is 6.93. The van der Waals surface area contributed by atoms with Gasteiger partial charge in [-0.05, 0) is 42.1 Å². The first-order chi connectivity index (χ1) is 9.27. The number of carbonyl (C=O) groups excluding carboxylic acids is 1. The zero-order chi connectivity index (χ0) is 15.4. The Kier molecular flexibility index (Phi) is 6.06. The largest absolute Gasteiger partial charge is 0.356 e. The zero-order valence-corrected chi connectivity index (χ0v) is 14.1. The summed E-state index contributed by atoms with van der Waals surface area (Å²) in [5.74, 6) is 1.43. The molecular weight excluding hydrogens is 248 g/mol. The molecule has 1 unspecified atom stereocenters. The maximum Gasteiger partial charge on any atom is 0.220 e. The van der Waals surface area contributed by atoms with Crippen LogP contribution in [0.15, 0.2) is 0 Å². The molecule has 0 saturated heterocycles. The summed E-state index contributed by atoms with van der Waals surface area (Å²) in [5, 5.41) is 3.13. The smallest absolute Gasteiger partial charge is 0.220 e. The van der Waals surface area contributed by atoms with Crippen LogP contribution in [0.1, 0.15) is 66.7 Å². The SMILES string of the molecule is CCCC(CCN)CCC(=O)NCC1C(C)(C)C1(C)C. The minimum Gasteiger partial charge on any atom is -0.356 e. The fourth-order valence-electron chi connectivity index (χ4n) is 3.56. The highest BCUT2D eigenvalue weighted by Crippen LogP contribution is 2.67. The van der Waals surface area contributed by atoms with E-state index in [4.69, 9.17) is 5.73 Å². The molecule has 3 heteroatoms. The molecule has 0 aromatic heterocycles. The van der Waals surface area contributed by atoms with E-state index in [9.17, 15) is 4.79 Å². The van der Waals surface area contributed by atoms with E-state index >= 15 is 0 Å². The van der Waals surface area contributed by atoms with Crippen LogP contribution >= 0.6 is 0 Å². The number of nitrogens with one attached hydrogen (secondary N) is 1. The Labute approximate surface area is 125 Å². The molecule has 1 saturated carbocycles. The van der Waals surface area contributed by atoms with E-state index in [2.05, 4.69) is 39.9 Å². The normalized spacial score (nSPS) is 21.5. The van der Waals surface area contributed by atoms with Crippen molar-refractivity contribution >= 4 is 5.91 Å². The van der Waals surface area contributed by atoms with Crippen LogP contribution in [-0.4, -0.2) is 19.0 Å². The van der Waals surface area contributed by atoms with Crippen molar-refractivity contribution in [3.8, 4) is 0 Å². The first-order valence-electron chi connectivity index (χ1n) is 8.24. The van der Waals surface area contributed by atoms with Gasteiger partial charge in [-0.2, -0.15) is 0 Å². The second-order valence-corrected chi connectivity index (χ2v) is 7.57. The minimum absolute atomic E-state index is 0.210. The standard InChI is InChI=1S/C17H34N2O/c1-6-7-13(10-11-18)8-9-15(20)19-12-14-16(2,3)17(14,4)5/h13-14H,6-12,18H2,1-5H3,(H,19,20). The van der Waals surface area contributed by atoms with Crippen molar-refractivity contribution < 1.29 is 4.79 Å². The third-order valence-corrected chi connectivity index (χ3v) is 5.87. The summed E-state index contributed by atoms with van der Waals surface area (Å²) in [4.78, 5) is 12.0. The molecule has 1 amide bonds. The van der Waals surface area contributed by atoms with E-state index in [-0.39, 0.29) is 5.91 Å². The Morgan fingerprint density at radius 1 is 1.15 bits per heavy atom. The van der Waals surface area contributed by atoms with E-state index in [0.717, 1.165) is 25.9 Å². The first-order valence-corrected chi connectivity index (χ1v) is 8.24. The highest BCUT2D eigenvalue weighted by Gasteiger charge is 2.64. The van der Waals surface area contributed by atoms with E-state index in [1.54, 1.807) is 0 Å². The lowest BCUT2D eigenvalue weighted by Crippen LogP contribution is -2.27. The monoisotopic (exact) mass is 282 g/mol. The average molecular weight is 282 g/mol. The Balaban J connectivity index is 2.24. The van der Waals surface area contributed by atoms with E-state index in [1.807, 2.05) is 0 Å². The molecule has 1 aliphatic carbocycles. The molecule has 1 atom stereocenters.